The minimum absolute atomic E-state index is 0.0151. The van der Waals surface area contributed by atoms with E-state index in [9.17, 15) is 9.59 Å². The third kappa shape index (κ3) is 7.20. The zero-order chi connectivity index (χ0) is 29.7. The fourth-order valence-electron chi connectivity index (χ4n) is 5.33. The molecule has 1 aliphatic rings. The molecule has 3 aromatic rings. The molecule has 1 N–H and O–H groups in total. The second-order valence-electron chi connectivity index (χ2n) is 11.7. The highest BCUT2D eigenvalue weighted by Gasteiger charge is 2.28. The van der Waals surface area contributed by atoms with Gasteiger partial charge in [-0.05, 0) is 98.9 Å². The highest BCUT2D eigenvalue weighted by molar-refractivity contribution is 5.78. The van der Waals surface area contributed by atoms with Crippen molar-refractivity contribution in [2.45, 2.75) is 65.8 Å². The lowest BCUT2D eigenvalue weighted by Crippen LogP contribution is -2.26. The fraction of sp³-hybridized carbons (Fsp3) is 0.412. The number of rotatable bonds is 10. The van der Waals surface area contributed by atoms with Crippen LogP contribution in [0.1, 0.15) is 67.9 Å². The predicted octanol–water partition coefficient (Wildman–Crippen LogP) is 6.58. The molecular formula is C34H41NO6. The third-order valence-corrected chi connectivity index (χ3v) is 7.68. The van der Waals surface area contributed by atoms with Crippen molar-refractivity contribution in [1.82, 2.24) is 0 Å². The number of esters is 1. The van der Waals surface area contributed by atoms with Crippen molar-refractivity contribution in [2.75, 3.05) is 25.7 Å². The summed E-state index contributed by atoms with van der Waals surface area (Å²) in [6, 6.07) is 18.0. The van der Waals surface area contributed by atoms with Crippen molar-refractivity contribution >= 4 is 17.6 Å². The van der Waals surface area contributed by atoms with Gasteiger partial charge in [0.25, 0.3) is 0 Å². The Kier molecular flexibility index (Phi) is 9.26. The third-order valence-electron chi connectivity index (χ3n) is 7.68. The number of methoxy groups -OCH3 is 2. The number of carbonyl (C=O) groups is 2. The summed E-state index contributed by atoms with van der Waals surface area (Å²) in [7, 11) is 3.31. The van der Waals surface area contributed by atoms with Gasteiger partial charge in [-0.3, -0.25) is 9.59 Å². The van der Waals surface area contributed by atoms with E-state index in [1.807, 2.05) is 57.2 Å². The molecule has 218 valence electrons. The summed E-state index contributed by atoms with van der Waals surface area (Å²) >= 11 is 0. The van der Waals surface area contributed by atoms with E-state index in [1.165, 1.54) is 16.7 Å². The lowest BCUT2D eigenvalue weighted by atomic mass is 9.79. The average Bonchev–Trinajstić information content (AvgIpc) is 2.95. The van der Waals surface area contributed by atoms with Crippen LogP contribution in [-0.2, 0) is 35.4 Å². The van der Waals surface area contributed by atoms with Gasteiger partial charge in [0.2, 0.25) is 0 Å². The highest BCUT2D eigenvalue weighted by Crippen LogP contribution is 2.43. The molecule has 0 heterocycles. The summed E-state index contributed by atoms with van der Waals surface area (Å²) in [6.07, 6.45) is 2.72. The molecule has 0 spiro atoms. The first-order chi connectivity index (χ1) is 19.5. The molecule has 4 rings (SSSR count). The number of anilines is 1. The first-order valence-electron chi connectivity index (χ1n) is 14.2. The Morgan fingerprint density at radius 2 is 1.59 bits per heavy atom. The van der Waals surface area contributed by atoms with Crippen LogP contribution in [0.2, 0.25) is 0 Å². The first-order valence-corrected chi connectivity index (χ1v) is 14.2. The number of fused-ring (bicyclic) bond motifs is 1. The molecule has 3 aromatic carbocycles. The topological polar surface area (TPSA) is 85.3 Å². The van der Waals surface area contributed by atoms with Gasteiger partial charge in [0.15, 0.2) is 11.5 Å². The molecule has 0 aromatic heterocycles. The van der Waals surface area contributed by atoms with E-state index < -0.39 is 11.4 Å². The van der Waals surface area contributed by atoms with E-state index in [4.69, 9.17) is 19.3 Å². The van der Waals surface area contributed by atoms with Crippen LogP contribution in [-0.4, -0.2) is 37.8 Å². The minimum Gasteiger partial charge on any atom is -0.493 e. The smallest absolute Gasteiger partial charge is 0.316 e. The number of aliphatic carboxylic acids is 1. The van der Waals surface area contributed by atoms with Gasteiger partial charge in [0.05, 0.1) is 26.1 Å². The Hall–Kier alpha value is -4.00. The fourth-order valence-corrected chi connectivity index (χ4v) is 5.33. The zero-order valence-electron chi connectivity index (χ0n) is 25.0. The summed E-state index contributed by atoms with van der Waals surface area (Å²) in [6.45, 7) is 9.16. The molecule has 1 atom stereocenters. The van der Waals surface area contributed by atoms with Gasteiger partial charge in [-0.1, -0.05) is 30.3 Å². The van der Waals surface area contributed by atoms with Gasteiger partial charge in [-0.2, -0.15) is 0 Å². The summed E-state index contributed by atoms with van der Waals surface area (Å²) < 4.78 is 17.1. The standard InChI is InChI=1S/C34H41NO6/c1-7-35(21-23-10-8-22(9-11-23)16-32(36)37)29-20-31(40-6)30(39-5)19-28(29)26-13-12-25-18-27(15-14-24(25)17-26)41-33(38)34(2,3)4/h8-11,14-15,18-20,26H,7,12-13,16-17,21H2,1-6H3,(H,36,37)/t26-/m1/s1. The summed E-state index contributed by atoms with van der Waals surface area (Å²) in [4.78, 5) is 25.8. The molecule has 0 fully saturated rings. The minimum atomic E-state index is -0.834. The largest absolute Gasteiger partial charge is 0.493 e. The van der Waals surface area contributed by atoms with Crippen LogP contribution in [0.5, 0.6) is 17.2 Å². The summed E-state index contributed by atoms with van der Waals surface area (Å²) in [5.41, 5.74) is 6.12. The van der Waals surface area contributed by atoms with Crippen LogP contribution in [0, 0.1) is 5.41 Å². The highest BCUT2D eigenvalue weighted by atomic mass is 16.5. The van der Waals surface area contributed by atoms with Crippen LogP contribution in [0.4, 0.5) is 5.69 Å². The Morgan fingerprint density at radius 1 is 0.927 bits per heavy atom. The molecule has 0 amide bonds. The molecule has 0 bridgehead atoms. The van der Waals surface area contributed by atoms with Crippen LogP contribution in [0.15, 0.2) is 54.6 Å². The number of hydrogen-bond donors (Lipinski definition) is 1. The maximum Gasteiger partial charge on any atom is 0.316 e. The second-order valence-corrected chi connectivity index (χ2v) is 11.7. The number of carboxylic acid groups (broad SMARTS) is 1. The number of ether oxygens (including phenoxy) is 3. The van der Waals surface area contributed by atoms with Crippen molar-refractivity contribution in [3.05, 3.63) is 82.4 Å². The van der Waals surface area contributed by atoms with Crippen LogP contribution in [0.3, 0.4) is 0 Å². The van der Waals surface area contributed by atoms with Crippen LogP contribution in [0.25, 0.3) is 0 Å². The normalized spacial score (nSPS) is 14.6. The number of carbonyl (C=O) groups excluding carboxylic acids is 1. The Bertz CT molecular complexity index is 1390. The van der Waals surface area contributed by atoms with Gasteiger partial charge < -0.3 is 24.2 Å². The van der Waals surface area contributed by atoms with Crippen molar-refractivity contribution in [2.24, 2.45) is 5.41 Å². The molecule has 7 nitrogen and oxygen atoms in total. The number of hydrogen-bond acceptors (Lipinski definition) is 6. The Labute approximate surface area is 243 Å². The molecule has 1 aliphatic carbocycles. The van der Waals surface area contributed by atoms with Crippen molar-refractivity contribution in [1.29, 1.82) is 0 Å². The van der Waals surface area contributed by atoms with E-state index >= 15 is 0 Å². The van der Waals surface area contributed by atoms with E-state index in [-0.39, 0.29) is 18.3 Å². The molecule has 0 radical (unpaired) electrons. The van der Waals surface area contributed by atoms with E-state index in [0.717, 1.165) is 42.6 Å². The Balaban J connectivity index is 1.63. The van der Waals surface area contributed by atoms with Gasteiger partial charge in [0.1, 0.15) is 5.75 Å². The van der Waals surface area contributed by atoms with Gasteiger partial charge in [0, 0.05) is 24.8 Å². The maximum atomic E-state index is 12.4. The Morgan fingerprint density at radius 3 is 2.20 bits per heavy atom. The predicted molar refractivity (Wildman–Crippen MR) is 160 cm³/mol. The first kappa shape index (κ1) is 30.0. The molecule has 0 unspecified atom stereocenters. The molecule has 7 heteroatoms. The SMILES string of the molecule is CCN(Cc1ccc(CC(=O)O)cc1)c1cc(OC)c(OC)cc1[C@@H]1CCc2cc(OC(=O)C(C)(C)C)ccc2C1. The summed E-state index contributed by atoms with van der Waals surface area (Å²) in [5.74, 6) is 1.18. The average molecular weight is 560 g/mol. The van der Waals surface area contributed by atoms with Crippen molar-refractivity contribution < 1.29 is 28.9 Å². The second kappa shape index (κ2) is 12.7. The summed E-state index contributed by atoms with van der Waals surface area (Å²) in [5, 5.41) is 9.10. The van der Waals surface area contributed by atoms with Crippen LogP contribution >= 0.6 is 0 Å². The lowest BCUT2D eigenvalue weighted by Gasteiger charge is -2.32. The van der Waals surface area contributed by atoms with Gasteiger partial charge in [-0.25, -0.2) is 0 Å². The molecule has 0 saturated carbocycles. The number of aryl methyl sites for hydroxylation is 1. The number of nitrogens with zero attached hydrogens (tertiary/aromatic N) is 1. The van der Waals surface area contributed by atoms with E-state index in [1.54, 1.807) is 14.2 Å². The molecule has 0 saturated heterocycles. The van der Waals surface area contributed by atoms with E-state index in [0.29, 0.717) is 23.8 Å². The van der Waals surface area contributed by atoms with Gasteiger partial charge in [-0.15, -0.1) is 0 Å². The van der Waals surface area contributed by atoms with E-state index in [2.05, 4.69) is 30.0 Å². The lowest BCUT2D eigenvalue weighted by molar-refractivity contribution is -0.143. The van der Waals surface area contributed by atoms with Crippen molar-refractivity contribution in [3.8, 4) is 17.2 Å². The quantitative estimate of drug-likeness (QED) is 0.222. The molecule has 41 heavy (non-hydrogen) atoms. The van der Waals surface area contributed by atoms with Gasteiger partial charge >= 0.3 is 11.9 Å². The molecular weight excluding hydrogens is 518 g/mol. The van der Waals surface area contributed by atoms with Crippen LogP contribution < -0.4 is 19.1 Å². The monoisotopic (exact) mass is 559 g/mol. The maximum absolute atomic E-state index is 12.4. The number of benzene rings is 3. The zero-order valence-corrected chi connectivity index (χ0v) is 25.0. The van der Waals surface area contributed by atoms with Crippen molar-refractivity contribution in [3.63, 3.8) is 0 Å². The molecule has 0 aliphatic heterocycles. The number of carboxylic acids is 1.